The number of hydrogen-bond donors (Lipinski definition) is 1. The summed E-state index contributed by atoms with van der Waals surface area (Å²) in [6.45, 7) is 3.38. The fourth-order valence-corrected chi connectivity index (χ4v) is 4.09. The average molecular weight is 421 g/mol. The minimum Gasteiger partial charge on any atom is -0.497 e. The molecule has 0 spiro atoms. The quantitative estimate of drug-likeness (QED) is 0.705. The van der Waals surface area contributed by atoms with Gasteiger partial charge in [-0.25, -0.2) is 9.78 Å². The van der Waals surface area contributed by atoms with E-state index in [1.54, 1.807) is 17.7 Å². The fraction of sp³-hybridized carbons (Fsp3) is 0.375. The van der Waals surface area contributed by atoms with Crippen molar-refractivity contribution in [3.8, 4) is 5.75 Å². The lowest BCUT2D eigenvalue weighted by molar-refractivity contribution is 0.171. The number of carbonyl (C=O) groups excluding carboxylic acids is 1. The van der Waals surface area contributed by atoms with Gasteiger partial charge in [0.15, 0.2) is 0 Å². The third kappa shape index (κ3) is 4.55. The number of rotatable bonds is 3. The predicted molar refractivity (Wildman–Crippen MR) is 120 cm³/mol. The number of methoxy groups -OCH3 is 1. The summed E-state index contributed by atoms with van der Waals surface area (Å²) < 4.78 is 6.96. The number of aryl methyl sites for hydroxylation is 1. The van der Waals surface area contributed by atoms with E-state index in [2.05, 4.69) is 12.2 Å². The van der Waals surface area contributed by atoms with Gasteiger partial charge in [-0.2, -0.15) is 0 Å². The molecule has 7 heteroatoms. The lowest BCUT2D eigenvalue weighted by Crippen LogP contribution is -2.45. The highest BCUT2D eigenvalue weighted by atomic mass is 16.5. The SMILES string of the molecule is COc1ccc2nc3n(c(=O)c2c1)CCNC(=O)N(Cc1ccccc1)C(C)CCC3. The average Bonchev–Trinajstić information content (AvgIpc) is 2.81. The second-order valence-electron chi connectivity index (χ2n) is 7.95. The van der Waals surface area contributed by atoms with E-state index in [0.29, 0.717) is 42.7 Å². The van der Waals surface area contributed by atoms with Gasteiger partial charge in [-0.3, -0.25) is 9.36 Å². The summed E-state index contributed by atoms with van der Waals surface area (Å²) in [5.41, 5.74) is 1.68. The van der Waals surface area contributed by atoms with Crippen molar-refractivity contribution in [3.63, 3.8) is 0 Å². The molecule has 2 heterocycles. The molecule has 2 aromatic carbocycles. The molecule has 1 aliphatic heterocycles. The molecular formula is C24H28N4O3. The molecule has 4 rings (SSSR count). The number of amides is 2. The molecule has 0 saturated heterocycles. The Hall–Kier alpha value is -3.35. The van der Waals surface area contributed by atoms with E-state index in [-0.39, 0.29) is 17.6 Å². The first kappa shape index (κ1) is 20.9. The van der Waals surface area contributed by atoms with Crippen molar-refractivity contribution in [1.82, 2.24) is 19.8 Å². The lowest BCUT2D eigenvalue weighted by atomic mass is 10.1. The maximum absolute atomic E-state index is 13.2. The predicted octanol–water partition coefficient (Wildman–Crippen LogP) is 3.34. The molecule has 2 amide bonds. The zero-order valence-electron chi connectivity index (χ0n) is 18.0. The van der Waals surface area contributed by atoms with Crippen LogP contribution in [0.2, 0.25) is 0 Å². The minimum atomic E-state index is -0.108. The van der Waals surface area contributed by atoms with Gasteiger partial charge in [-0.05, 0) is 43.5 Å². The van der Waals surface area contributed by atoms with Crippen LogP contribution in [0.3, 0.4) is 0 Å². The first-order chi connectivity index (χ1) is 15.1. The van der Waals surface area contributed by atoms with Crippen molar-refractivity contribution >= 4 is 16.9 Å². The molecule has 0 aliphatic carbocycles. The van der Waals surface area contributed by atoms with E-state index in [1.807, 2.05) is 47.4 Å². The third-order valence-corrected chi connectivity index (χ3v) is 5.86. The molecule has 1 unspecified atom stereocenters. The van der Waals surface area contributed by atoms with Crippen molar-refractivity contribution in [3.05, 3.63) is 70.3 Å². The highest BCUT2D eigenvalue weighted by molar-refractivity contribution is 5.79. The molecule has 1 aliphatic rings. The van der Waals surface area contributed by atoms with Crippen LogP contribution in [0.4, 0.5) is 4.79 Å². The molecule has 31 heavy (non-hydrogen) atoms. The van der Waals surface area contributed by atoms with Crippen LogP contribution in [0.5, 0.6) is 5.75 Å². The van der Waals surface area contributed by atoms with Crippen LogP contribution in [-0.4, -0.2) is 40.2 Å². The number of benzene rings is 2. The summed E-state index contributed by atoms with van der Waals surface area (Å²) in [6, 6.07) is 15.3. The zero-order chi connectivity index (χ0) is 21.8. The molecule has 0 bridgehead atoms. The summed E-state index contributed by atoms with van der Waals surface area (Å²) in [5.74, 6) is 1.39. The number of hydrogen-bond acceptors (Lipinski definition) is 4. The Bertz CT molecular complexity index is 1130. The van der Waals surface area contributed by atoms with Crippen LogP contribution in [0, 0.1) is 0 Å². The maximum Gasteiger partial charge on any atom is 0.318 e. The number of fused-ring (bicyclic) bond motifs is 2. The van der Waals surface area contributed by atoms with Crippen molar-refractivity contribution in [2.24, 2.45) is 0 Å². The standard InChI is InChI=1S/C24H28N4O3/c1-17-7-6-10-22-26-21-12-11-19(31-2)15-20(21)23(29)27(22)14-13-25-24(30)28(17)16-18-8-4-3-5-9-18/h3-5,8-9,11-12,15,17H,6-7,10,13-14,16H2,1-2H3,(H,25,30). The number of ether oxygens (including phenoxy) is 1. The fourth-order valence-electron chi connectivity index (χ4n) is 4.09. The van der Waals surface area contributed by atoms with Gasteiger partial charge in [0.2, 0.25) is 0 Å². The topological polar surface area (TPSA) is 76.5 Å². The Morgan fingerprint density at radius 2 is 1.97 bits per heavy atom. The summed E-state index contributed by atoms with van der Waals surface area (Å²) in [6.07, 6.45) is 2.36. The summed E-state index contributed by atoms with van der Waals surface area (Å²) in [5, 5.41) is 3.53. The van der Waals surface area contributed by atoms with Crippen LogP contribution in [0.1, 0.15) is 31.2 Å². The highest BCUT2D eigenvalue weighted by Crippen LogP contribution is 2.19. The molecule has 0 fully saturated rings. The van der Waals surface area contributed by atoms with Crippen LogP contribution in [0.25, 0.3) is 10.9 Å². The zero-order valence-corrected chi connectivity index (χ0v) is 18.0. The Morgan fingerprint density at radius 3 is 2.74 bits per heavy atom. The van der Waals surface area contributed by atoms with Crippen molar-refractivity contribution in [2.45, 2.75) is 45.3 Å². The lowest BCUT2D eigenvalue weighted by Gasteiger charge is -2.29. The Balaban J connectivity index is 1.62. The number of nitrogens with one attached hydrogen (secondary N) is 1. The molecule has 7 nitrogen and oxygen atoms in total. The summed E-state index contributed by atoms with van der Waals surface area (Å²) in [4.78, 5) is 32.8. The van der Waals surface area contributed by atoms with Gasteiger partial charge in [0.25, 0.3) is 5.56 Å². The number of urea groups is 1. The van der Waals surface area contributed by atoms with Crippen LogP contribution < -0.4 is 15.6 Å². The van der Waals surface area contributed by atoms with Crippen molar-refractivity contribution in [1.29, 1.82) is 0 Å². The Kier molecular flexibility index (Phi) is 6.21. The highest BCUT2D eigenvalue weighted by Gasteiger charge is 2.22. The van der Waals surface area contributed by atoms with Gasteiger partial charge < -0.3 is 15.0 Å². The number of aromatic nitrogens is 2. The van der Waals surface area contributed by atoms with E-state index >= 15 is 0 Å². The van der Waals surface area contributed by atoms with Crippen LogP contribution >= 0.6 is 0 Å². The molecular weight excluding hydrogens is 392 g/mol. The molecule has 1 aromatic heterocycles. The second kappa shape index (κ2) is 9.20. The van der Waals surface area contributed by atoms with Gasteiger partial charge >= 0.3 is 6.03 Å². The molecule has 1 atom stereocenters. The van der Waals surface area contributed by atoms with Gasteiger partial charge in [0, 0.05) is 32.1 Å². The van der Waals surface area contributed by atoms with Gasteiger partial charge in [-0.1, -0.05) is 30.3 Å². The molecule has 0 radical (unpaired) electrons. The third-order valence-electron chi connectivity index (χ3n) is 5.86. The van der Waals surface area contributed by atoms with E-state index in [9.17, 15) is 9.59 Å². The van der Waals surface area contributed by atoms with E-state index in [0.717, 1.165) is 24.2 Å². The Labute approximate surface area is 181 Å². The first-order valence-corrected chi connectivity index (χ1v) is 10.7. The maximum atomic E-state index is 13.2. The van der Waals surface area contributed by atoms with Crippen molar-refractivity contribution in [2.75, 3.05) is 13.7 Å². The summed E-state index contributed by atoms with van der Waals surface area (Å²) >= 11 is 0. The molecule has 162 valence electrons. The monoisotopic (exact) mass is 420 g/mol. The van der Waals surface area contributed by atoms with Gasteiger partial charge in [0.1, 0.15) is 11.6 Å². The normalized spacial score (nSPS) is 17.5. The minimum absolute atomic E-state index is 0.0724. The van der Waals surface area contributed by atoms with Gasteiger partial charge in [0.05, 0.1) is 18.0 Å². The smallest absolute Gasteiger partial charge is 0.318 e. The second-order valence-corrected chi connectivity index (χ2v) is 7.95. The first-order valence-electron chi connectivity index (χ1n) is 10.7. The number of nitrogens with zero attached hydrogens (tertiary/aromatic N) is 3. The molecule has 3 aromatic rings. The Morgan fingerprint density at radius 1 is 1.16 bits per heavy atom. The van der Waals surface area contributed by atoms with E-state index < -0.39 is 0 Å². The van der Waals surface area contributed by atoms with Gasteiger partial charge in [-0.15, -0.1) is 0 Å². The molecule has 0 saturated carbocycles. The van der Waals surface area contributed by atoms with Crippen LogP contribution in [0.15, 0.2) is 53.3 Å². The number of carbonyl (C=O) groups is 1. The van der Waals surface area contributed by atoms with Crippen molar-refractivity contribution < 1.29 is 9.53 Å². The van der Waals surface area contributed by atoms with E-state index in [4.69, 9.17) is 9.72 Å². The van der Waals surface area contributed by atoms with E-state index in [1.165, 1.54) is 0 Å². The summed E-state index contributed by atoms with van der Waals surface area (Å²) in [7, 11) is 1.58. The largest absolute Gasteiger partial charge is 0.497 e. The molecule has 1 N–H and O–H groups in total. The van der Waals surface area contributed by atoms with Crippen LogP contribution in [-0.2, 0) is 19.5 Å².